The highest BCUT2D eigenvalue weighted by atomic mass is 16.5. The highest BCUT2D eigenvalue weighted by molar-refractivity contribution is 6.39. The van der Waals surface area contributed by atoms with Crippen LogP contribution in [0.1, 0.15) is 20.7 Å². The molecule has 0 spiro atoms. The van der Waals surface area contributed by atoms with Crippen LogP contribution in [0.15, 0.2) is 36.4 Å². The zero-order chi connectivity index (χ0) is 21.3. The van der Waals surface area contributed by atoms with Gasteiger partial charge in [0.2, 0.25) is 0 Å². The van der Waals surface area contributed by atoms with E-state index >= 15 is 0 Å². The van der Waals surface area contributed by atoms with Gasteiger partial charge in [-0.05, 0) is 36.4 Å². The molecule has 2 aromatic rings. The van der Waals surface area contributed by atoms with Gasteiger partial charge in [0, 0.05) is 5.56 Å². The second kappa shape index (κ2) is 10.4. The summed E-state index contributed by atoms with van der Waals surface area (Å²) in [5, 5.41) is 17.2. The number of hydrogen-bond donors (Lipinski definition) is 2. The van der Waals surface area contributed by atoms with Gasteiger partial charge in [0.1, 0.15) is 0 Å². The smallest absolute Gasteiger partial charge is 0.377 e. The molecule has 0 aromatic heterocycles. The molecule has 0 unspecified atom stereocenters. The van der Waals surface area contributed by atoms with Crippen LogP contribution in [-0.2, 0) is 4.79 Å². The van der Waals surface area contributed by atoms with E-state index < -0.39 is 17.7 Å². The molecule has 9 heteroatoms. The Morgan fingerprint density at radius 2 is 1.04 bits per heavy atom. The minimum atomic E-state index is -1.50. The minimum Gasteiger partial charge on any atom is -0.493 e. The number of hydrogen-bond acceptors (Lipinski definition) is 7. The van der Waals surface area contributed by atoms with Gasteiger partial charge in [-0.3, -0.25) is 4.79 Å². The van der Waals surface area contributed by atoms with Gasteiger partial charge in [0.15, 0.2) is 23.0 Å². The first-order chi connectivity index (χ1) is 13.3. The van der Waals surface area contributed by atoms with E-state index in [-0.39, 0.29) is 11.1 Å². The van der Waals surface area contributed by atoms with Gasteiger partial charge in [-0.15, -0.1) is 0 Å². The summed E-state index contributed by atoms with van der Waals surface area (Å²) >= 11 is 0. The van der Waals surface area contributed by atoms with E-state index in [2.05, 4.69) is 0 Å². The highest BCUT2D eigenvalue weighted by Crippen LogP contribution is 2.28. The number of ketones is 1. The highest BCUT2D eigenvalue weighted by Gasteiger charge is 2.16. The molecule has 0 saturated heterocycles. The zero-order valence-electron chi connectivity index (χ0n) is 15.7. The number of Topliss-reactive ketones (excluding diaryl/α,β-unsaturated/α-hetero) is 1. The molecule has 28 heavy (non-hydrogen) atoms. The number of carbonyl (C=O) groups is 3. The Kier molecular flexibility index (Phi) is 8.29. The fourth-order valence-electron chi connectivity index (χ4n) is 2.07. The second-order valence-corrected chi connectivity index (χ2v) is 5.08. The van der Waals surface area contributed by atoms with E-state index in [1.54, 1.807) is 6.07 Å². The molecule has 0 bridgehead atoms. The molecule has 9 nitrogen and oxygen atoms in total. The fraction of sp³-hybridized carbons (Fsp3) is 0.211. The molecule has 0 radical (unpaired) electrons. The van der Waals surface area contributed by atoms with Crippen molar-refractivity contribution in [2.24, 2.45) is 0 Å². The van der Waals surface area contributed by atoms with Gasteiger partial charge in [0.05, 0.1) is 34.0 Å². The van der Waals surface area contributed by atoms with Crippen LogP contribution in [0.2, 0.25) is 0 Å². The Labute approximate surface area is 161 Å². The van der Waals surface area contributed by atoms with E-state index in [1.165, 1.54) is 58.8 Å². The lowest BCUT2D eigenvalue weighted by molar-refractivity contribution is -0.131. The number of carbonyl (C=O) groups excluding carboxylic acids is 1. The van der Waals surface area contributed by atoms with Crippen molar-refractivity contribution in [3.63, 3.8) is 0 Å². The van der Waals surface area contributed by atoms with E-state index in [0.29, 0.717) is 23.0 Å². The quantitative estimate of drug-likeness (QED) is 0.539. The first-order valence-electron chi connectivity index (χ1n) is 7.74. The summed E-state index contributed by atoms with van der Waals surface area (Å²) < 4.78 is 19.8. The maximum atomic E-state index is 11.1. The zero-order valence-corrected chi connectivity index (χ0v) is 15.7. The average molecular weight is 392 g/mol. The number of methoxy groups -OCH3 is 4. The molecule has 0 amide bonds. The third kappa shape index (κ3) is 5.63. The molecule has 0 aliphatic rings. The summed E-state index contributed by atoms with van der Waals surface area (Å²) in [4.78, 5) is 32.1. The van der Waals surface area contributed by atoms with E-state index in [1.807, 2.05) is 0 Å². The molecular weight excluding hydrogens is 372 g/mol. The topological polar surface area (TPSA) is 129 Å². The summed E-state index contributed by atoms with van der Waals surface area (Å²) in [6.07, 6.45) is 0. The average Bonchev–Trinajstić information content (AvgIpc) is 2.72. The van der Waals surface area contributed by atoms with Crippen molar-refractivity contribution in [3.8, 4) is 23.0 Å². The van der Waals surface area contributed by atoms with E-state index in [9.17, 15) is 14.4 Å². The number of aromatic carboxylic acids is 1. The Bertz CT molecular complexity index is 858. The fourth-order valence-corrected chi connectivity index (χ4v) is 2.07. The summed E-state index contributed by atoms with van der Waals surface area (Å²) in [7, 11) is 5.82. The van der Waals surface area contributed by atoms with Crippen LogP contribution in [-0.4, -0.2) is 56.4 Å². The second-order valence-electron chi connectivity index (χ2n) is 5.08. The van der Waals surface area contributed by atoms with Crippen molar-refractivity contribution < 1.29 is 43.5 Å². The van der Waals surface area contributed by atoms with Gasteiger partial charge in [-0.25, -0.2) is 9.59 Å². The number of rotatable bonds is 7. The lowest BCUT2D eigenvalue weighted by Crippen LogP contribution is -2.12. The Morgan fingerprint density at radius 1 is 0.643 bits per heavy atom. The summed E-state index contributed by atoms with van der Waals surface area (Å²) in [5.74, 6) is -1.75. The molecule has 0 atom stereocenters. The first-order valence-corrected chi connectivity index (χ1v) is 7.74. The molecule has 0 saturated carbocycles. The molecule has 0 aliphatic carbocycles. The summed E-state index contributed by atoms with van der Waals surface area (Å²) in [5.41, 5.74) is 0.234. The van der Waals surface area contributed by atoms with Crippen molar-refractivity contribution in [1.82, 2.24) is 0 Å². The van der Waals surface area contributed by atoms with Crippen LogP contribution in [0.25, 0.3) is 0 Å². The first kappa shape index (κ1) is 22.3. The monoisotopic (exact) mass is 392 g/mol. The van der Waals surface area contributed by atoms with Crippen molar-refractivity contribution in [1.29, 1.82) is 0 Å². The molecule has 2 rings (SSSR count). The van der Waals surface area contributed by atoms with E-state index in [4.69, 9.17) is 29.2 Å². The van der Waals surface area contributed by atoms with Crippen molar-refractivity contribution in [2.75, 3.05) is 28.4 Å². The van der Waals surface area contributed by atoms with Crippen molar-refractivity contribution in [3.05, 3.63) is 47.5 Å². The van der Waals surface area contributed by atoms with Gasteiger partial charge in [-0.2, -0.15) is 0 Å². The maximum absolute atomic E-state index is 11.1. The van der Waals surface area contributed by atoms with Crippen molar-refractivity contribution in [2.45, 2.75) is 0 Å². The Morgan fingerprint density at radius 3 is 1.39 bits per heavy atom. The van der Waals surface area contributed by atoms with Gasteiger partial charge in [-0.1, -0.05) is 0 Å². The molecule has 150 valence electrons. The maximum Gasteiger partial charge on any atom is 0.377 e. The number of carboxylic acids is 2. The number of aliphatic carboxylic acids is 1. The van der Waals surface area contributed by atoms with Crippen LogP contribution in [0.5, 0.6) is 23.0 Å². The largest absolute Gasteiger partial charge is 0.493 e. The molecule has 0 heterocycles. The summed E-state index contributed by atoms with van der Waals surface area (Å²) in [6, 6.07) is 8.62. The number of benzene rings is 2. The van der Waals surface area contributed by atoms with Crippen LogP contribution < -0.4 is 18.9 Å². The summed E-state index contributed by atoms with van der Waals surface area (Å²) in [6.45, 7) is 0. The lowest BCUT2D eigenvalue weighted by Gasteiger charge is -2.07. The van der Waals surface area contributed by atoms with Crippen LogP contribution in [0, 0.1) is 0 Å². The molecule has 2 N–H and O–H groups in total. The predicted molar refractivity (Wildman–Crippen MR) is 98.0 cm³/mol. The standard InChI is InChI=1S/C10H10O5.C9H10O4/c1-14-7-4-3-6(5-8(7)15-2)9(11)10(12)13;1-12-7-4-3-6(9(10)11)5-8(7)13-2/h3-5H,1-2H3,(H,12,13);3-5H,1-2H3,(H,10,11). The Hall–Kier alpha value is -3.75. The van der Waals surface area contributed by atoms with Gasteiger partial charge in [0.25, 0.3) is 5.78 Å². The van der Waals surface area contributed by atoms with Crippen LogP contribution >= 0.6 is 0 Å². The molecular formula is C19H20O9. The Balaban J connectivity index is 0.000000283. The van der Waals surface area contributed by atoms with E-state index in [0.717, 1.165) is 0 Å². The predicted octanol–water partition coefficient (Wildman–Crippen LogP) is 2.37. The normalized spacial score (nSPS) is 9.43. The third-order valence-corrected chi connectivity index (χ3v) is 3.47. The number of carboxylic acid groups (broad SMARTS) is 2. The lowest BCUT2D eigenvalue weighted by atomic mass is 10.1. The SMILES string of the molecule is COc1ccc(C(=O)C(=O)O)cc1OC.COc1ccc(C(=O)O)cc1OC. The van der Waals surface area contributed by atoms with Crippen molar-refractivity contribution >= 4 is 17.7 Å². The minimum absolute atomic E-state index is 0.0557. The molecule has 0 aliphatic heterocycles. The van der Waals surface area contributed by atoms with Crippen LogP contribution in [0.3, 0.4) is 0 Å². The van der Waals surface area contributed by atoms with Crippen LogP contribution in [0.4, 0.5) is 0 Å². The number of ether oxygens (including phenoxy) is 4. The van der Waals surface area contributed by atoms with Gasteiger partial charge >= 0.3 is 11.9 Å². The third-order valence-electron chi connectivity index (χ3n) is 3.47. The van der Waals surface area contributed by atoms with Gasteiger partial charge < -0.3 is 29.2 Å². The molecule has 2 aromatic carbocycles. The molecule has 0 fully saturated rings.